The monoisotopic (exact) mass is 376 g/mol. The van der Waals surface area contributed by atoms with Gasteiger partial charge in [0.2, 0.25) is 0 Å². The van der Waals surface area contributed by atoms with E-state index in [1.807, 2.05) is 18.2 Å². The Morgan fingerprint density at radius 2 is 1.89 bits per heavy atom. The van der Waals surface area contributed by atoms with Gasteiger partial charge in [-0.15, -0.1) is 0 Å². The number of nitrogens with one attached hydrogen (secondary N) is 1. The Bertz CT molecular complexity index is 1010. The highest BCUT2D eigenvalue weighted by atomic mass is 16.5. The van der Waals surface area contributed by atoms with E-state index in [1.54, 1.807) is 14.2 Å². The van der Waals surface area contributed by atoms with Crippen LogP contribution in [0.25, 0.3) is 21.9 Å². The predicted octanol–water partition coefficient (Wildman–Crippen LogP) is 3.89. The van der Waals surface area contributed by atoms with Crippen LogP contribution < -0.4 is 14.8 Å². The van der Waals surface area contributed by atoms with Gasteiger partial charge in [-0.2, -0.15) is 0 Å². The Labute approximate surface area is 165 Å². The number of ether oxygens (including phenoxy) is 3. The maximum Gasteiger partial charge on any atom is 0.138 e. The Hall–Kier alpha value is -3.05. The average Bonchev–Trinajstić information content (AvgIpc) is 3.28. The van der Waals surface area contributed by atoms with Crippen LogP contribution in [-0.4, -0.2) is 46.4 Å². The normalized spacial score (nSPS) is 13.3. The van der Waals surface area contributed by atoms with Crippen LogP contribution in [0, 0.1) is 0 Å². The summed E-state index contributed by atoms with van der Waals surface area (Å²) in [5.74, 6) is 2.51. The third-order valence-electron chi connectivity index (χ3n) is 4.82. The number of methoxy groups -OCH3 is 2. The van der Waals surface area contributed by atoms with Gasteiger partial charge < -0.3 is 19.5 Å². The first-order valence-electron chi connectivity index (χ1n) is 9.42. The van der Waals surface area contributed by atoms with Crippen molar-refractivity contribution in [2.45, 2.75) is 0 Å². The smallest absolute Gasteiger partial charge is 0.138 e. The van der Waals surface area contributed by atoms with Crippen molar-refractivity contribution in [3.63, 3.8) is 0 Å². The number of hydrogen-bond donors (Lipinski definition) is 1. The van der Waals surface area contributed by atoms with Gasteiger partial charge in [-0.25, -0.2) is 0 Å². The molecule has 5 heteroatoms. The van der Waals surface area contributed by atoms with Gasteiger partial charge in [0.15, 0.2) is 0 Å². The Morgan fingerprint density at radius 1 is 1.00 bits per heavy atom. The molecule has 0 unspecified atom stereocenters. The van der Waals surface area contributed by atoms with Gasteiger partial charge in [0.05, 0.1) is 25.8 Å². The minimum absolute atomic E-state index is 0.464. The largest absolute Gasteiger partial charge is 0.497 e. The molecule has 144 valence electrons. The third-order valence-corrected chi connectivity index (χ3v) is 4.82. The van der Waals surface area contributed by atoms with Crippen LogP contribution in [0.3, 0.4) is 0 Å². The van der Waals surface area contributed by atoms with Crippen LogP contribution in [0.15, 0.2) is 59.6 Å². The lowest BCUT2D eigenvalue weighted by Gasteiger charge is -2.19. The molecule has 3 aromatic rings. The molecule has 0 fully saturated rings. The molecule has 0 amide bonds. The highest BCUT2D eigenvalue weighted by Gasteiger charge is 2.21. The van der Waals surface area contributed by atoms with Crippen molar-refractivity contribution in [1.29, 1.82) is 0 Å². The highest BCUT2D eigenvalue weighted by molar-refractivity contribution is 6.11. The Morgan fingerprint density at radius 3 is 2.68 bits per heavy atom. The zero-order chi connectivity index (χ0) is 19.3. The van der Waals surface area contributed by atoms with Crippen LogP contribution in [-0.2, 0) is 4.74 Å². The molecular formula is C23H24N2O3. The molecule has 0 saturated carbocycles. The summed E-state index contributed by atoms with van der Waals surface area (Å²) in [4.78, 5) is 4.64. The summed E-state index contributed by atoms with van der Waals surface area (Å²) >= 11 is 0. The van der Waals surface area contributed by atoms with Gasteiger partial charge in [0.1, 0.15) is 23.9 Å². The SMILES string of the molecule is COCCOc1c(C2=NCCN2)cc2ccccc2c1-c1cccc(OC)c1. The molecule has 1 aliphatic heterocycles. The zero-order valence-electron chi connectivity index (χ0n) is 16.2. The molecule has 4 rings (SSSR count). The third kappa shape index (κ3) is 3.53. The van der Waals surface area contributed by atoms with Gasteiger partial charge in [-0.05, 0) is 34.5 Å². The fraction of sp³-hybridized carbons (Fsp3) is 0.261. The zero-order valence-corrected chi connectivity index (χ0v) is 16.2. The molecule has 0 atom stereocenters. The van der Waals surface area contributed by atoms with Gasteiger partial charge in [0.25, 0.3) is 0 Å². The lowest BCUT2D eigenvalue weighted by Crippen LogP contribution is -2.21. The maximum absolute atomic E-state index is 6.27. The molecule has 3 aromatic carbocycles. The number of fused-ring (bicyclic) bond motifs is 1. The van der Waals surface area contributed by atoms with Crippen molar-refractivity contribution in [3.8, 4) is 22.6 Å². The number of rotatable bonds is 7. The second-order valence-corrected chi connectivity index (χ2v) is 6.58. The predicted molar refractivity (Wildman–Crippen MR) is 113 cm³/mol. The van der Waals surface area contributed by atoms with Crippen molar-refractivity contribution >= 4 is 16.6 Å². The fourth-order valence-corrected chi connectivity index (χ4v) is 3.52. The first-order valence-corrected chi connectivity index (χ1v) is 9.42. The van der Waals surface area contributed by atoms with Crippen LogP contribution in [0.5, 0.6) is 11.5 Å². The van der Waals surface area contributed by atoms with Crippen molar-refractivity contribution in [1.82, 2.24) is 5.32 Å². The quantitative estimate of drug-likeness (QED) is 0.636. The summed E-state index contributed by atoms with van der Waals surface area (Å²) in [6, 6.07) is 18.6. The van der Waals surface area contributed by atoms with E-state index in [2.05, 4.69) is 46.7 Å². The molecule has 0 spiro atoms. The first kappa shape index (κ1) is 18.3. The molecule has 0 saturated heterocycles. The molecule has 28 heavy (non-hydrogen) atoms. The Kier molecular flexibility index (Phi) is 5.44. The minimum atomic E-state index is 0.464. The number of nitrogens with zero attached hydrogens (tertiary/aromatic N) is 1. The van der Waals surface area contributed by atoms with E-state index in [0.717, 1.165) is 57.9 Å². The summed E-state index contributed by atoms with van der Waals surface area (Å²) in [5.41, 5.74) is 3.06. The van der Waals surface area contributed by atoms with Crippen molar-refractivity contribution in [3.05, 3.63) is 60.2 Å². The fourth-order valence-electron chi connectivity index (χ4n) is 3.52. The van der Waals surface area contributed by atoms with Gasteiger partial charge in [-0.1, -0.05) is 36.4 Å². The summed E-state index contributed by atoms with van der Waals surface area (Å²) in [6.45, 7) is 2.60. The van der Waals surface area contributed by atoms with E-state index in [-0.39, 0.29) is 0 Å². The van der Waals surface area contributed by atoms with E-state index in [0.29, 0.717) is 13.2 Å². The van der Waals surface area contributed by atoms with E-state index in [4.69, 9.17) is 14.2 Å². The number of hydrogen-bond acceptors (Lipinski definition) is 5. The molecule has 1 heterocycles. The second kappa shape index (κ2) is 8.31. The summed E-state index contributed by atoms with van der Waals surface area (Å²) < 4.78 is 16.9. The first-order chi connectivity index (χ1) is 13.8. The van der Waals surface area contributed by atoms with Crippen LogP contribution in [0.1, 0.15) is 5.56 Å². The van der Waals surface area contributed by atoms with Gasteiger partial charge in [0, 0.05) is 19.2 Å². The van der Waals surface area contributed by atoms with Crippen LogP contribution in [0.2, 0.25) is 0 Å². The van der Waals surface area contributed by atoms with E-state index >= 15 is 0 Å². The van der Waals surface area contributed by atoms with Crippen molar-refractivity contribution < 1.29 is 14.2 Å². The highest BCUT2D eigenvalue weighted by Crippen LogP contribution is 2.41. The van der Waals surface area contributed by atoms with Crippen LogP contribution in [0.4, 0.5) is 0 Å². The molecule has 1 N–H and O–H groups in total. The molecule has 1 aliphatic rings. The standard InChI is InChI=1S/C23H24N2O3/c1-26-12-13-28-22-20(23-24-10-11-25-23)15-16-6-3-4-9-19(16)21(22)17-7-5-8-18(14-17)27-2/h3-9,14-15H,10-13H2,1-2H3,(H,24,25). The topological polar surface area (TPSA) is 52.1 Å². The number of amidine groups is 1. The average molecular weight is 376 g/mol. The van der Waals surface area contributed by atoms with Crippen LogP contribution >= 0.6 is 0 Å². The molecule has 0 radical (unpaired) electrons. The summed E-state index contributed by atoms with van der Waals surface area (Å²) in [5, 5.41) is 5.66. The van der Waals surface area contributed by atoms with E-state index in [1.165, 1.54) is 0 Å². The molecule has 0 bridgehead atoms. The molecular weight excluding hydrogens is 352 g/mol. The van der Waals surface area contributed by atoms with Crippen molar-refractivity contribution in [2.75, 3.05) is 40.5 Å². The summed E-state index contributed by atoms with van der Waals surface area (Å²) in [6.07, 6.45) is 0. The van der Waals surface area contributed by atoms with E-state index < -0.39 is 0 Å². The van der Waals surface area contributed by atoms with Gasteiger partial charge >= 0.3 is 0 Å². The summed E-state index contributed by atoms with van der Waals surface area (Å²) in [7, 11) is 3.36. The lowest BCUT2D eigenvalue weighted by molar-refractivity contribution is 0.146. The molecule has 5 nitrogen and oxygen atoms in total. The minimum Gasteiger partial charge on any atom is -0.497 e. The number of benzene rings is 3. The van der Waals surface area contributed by atoms with Gasteiger partial charge in [-0.3, -0.25) is 4.99 Å². The second-order valence-electron chi connectivity index (χ2n) is 6.58. The maximum atomic E-state index is 6.27. The van der Waals surface area contributed by atoms with Crippen molar-refractivity contribution in [2.24, 2.45) is 4.99 Å². The Balaban J connectivity index is 1.98. The van der Waals surface area contributed by atoms with E-state index in [9.17, 15) is 0 Å². The lowest BCUT2D eigenvalue weighted by atomic mass is 9.93. The molecule has 0 aliphatic carbocycles. The number of aliphatic imine (C=N–C) groups is 1. The molecule has 0 aromatic heterocycles.